The van der Waals surface area contributed by atoms with Crippen molar-refractivity contribution in [2.75, 3.05) is 64.2 Å². The number of anilines is 2. The lowest BCUT2D eigenvalue weighted by atomic mass is 10.1. The zero-order valence-electron chi connectivity index (χ0n) is 26.3. The standard InChI is InChI=1S/C31H42N6O2.C2H6/c1-23(20-29-25(3)33-15-12-30(29)35(7)16-13-27(32-4)14-19-38)21-36-17-18-37(22-24(36)2)28-10-8-26(9-11-28)31(39)34(5)6;1-2/h8-16,19-20,24,32H,17-18,21-22H2,1-7H3;1-2H3/b16-13-,23-20+,27-14+;. The molecule has 1 fully saturated rings. The number of benzene rings is 1. The van der Waals surface area contributed by atoms with Gasteiger partial charge in [-0.3, -0.25) is 19.5 Å². The quantitative estimate of drug-likeness (QED) is 0.250. The van der Waals surface area contributed by atoms with Crippen molar-refractivity contribution in [1.82, 2.24) is 20.1 Å². The van der Waals surface area contributed by atoms with Crippen LogP contribution in [0.15, 0.2) is 66.2 Å². The van der Waals surface area contributed by atoms with E-state index < -0.39 is 0 Å². The second-order valence-electron chi connectivity index (χ2n) is 10.3. The number of hydrogen-bond donors (Lipinski definition) is 1. The average molecular weight is 561 g/mol. The minimum absolute atomic E-state index is 0.0219. The number of amides is 1. The Kier molecular flexibility index (Phi) is 13.3. The van der Waals surface area contributed by atoms with Crippen LogP contribution in [0.2, 0.25) is 0 Å². The van der Waals surface area contributed by atoms with Gasteiger partial charge in [0.05, 0.1) is 5.69 Å². The van der Waals surface area contributed by atoms with Crippen LogP contribution in [0.3, 0.4) is 0 Å². The molecule has 8 nitrogen and oxygen atoms in total. The van der Waals surface area contributed by atoms with Crippen molar-refractivity contribution in [3.05, 3.63) is 83.0 Å². The van der Waals surface area contributed by atoms with E-state index in [4.69, 9.17) is 0 Å². The molecule has 1 aliphatic rings. The molecule has 0 radical (unpaired) electrons. The third-order valence-electron chi connectivity index (χ3n) is 7.05. The van der Waals surface area contributed by atoms with Gasteiger partial charge in [0.15, 0.2) is 0 Å². The lowest BCUT2D eigenvalue weighted by Crippen LogP contribution is -2.52. The van der Waals surface area contributed by atoms with Gasteiger partial charge in [0.1, 0.15) is 6.29 Å². The van der Waals surface area contributed by atoms with Crippen LogP contribution in [-0.4, -0.2) is 87.4 Å². The first-order valence-corrected chi connectivity index (χ1v) is 14.3. The highest BCUT2D eigenvalue weighted by Crippen LogP contribution is 2.26. The van der Waals surface area contributed by atoms with Crippen LogP contribution < -0.4 is 15.1 Å². The van der Waals surface area contributed by atoms with Crippen LogP contribution >= 0.6 is 0 Å². The Morgan fingerprint density at radius 2 is 1.80 bits per heavy atom. The number of aryl methyl sites for hydroxylation is 1. The first-order valence-electron chi connectivity index (χ1n) is 14.3. The number of nitrogens with zero attached hydrogens (tertiary/aromatic N) is 5. The molecule has 0 saturated carbocycles. The molecular formula is C33H48N6O2. The number of pyridine rings is 1. The molecule has 1 aromatic carbocycles. The summed E-state index contributed by atoms with van der Waals surface area (Å²) in [5.74, 6) is 0.0219. The second kappa shape index (κ2) is 16.4. The molecule has 1 atom stereocenters. The van der Waals surface area contributed by atoms with Gasteiger partial charge >= 0.3 is 0 Å². The number of aldehydes is 1. The van der Waals surface area contributed by atoms with E-state index in [9.17, 15) is 9.59 Å². The van der Waals surface area contributed by atoms with Crippen molar-refractivity contribution in [3.8, 4) is 0 Å². The van der Waals surface area contributed by atoms with Gasteiger partial charge < -0.3 is 20.0 Å². The molecule has 1 unspecified atom stereocenters. The maximum atomic E-state index is 12.2. The van der Waals surface area contributed by atoms with Gasteiger partial charge in [0.2, 0.25) is 0 Å². The number of rotatable bonds is 10. The number of aromatic nitrogens is 1. The lowest BCUT2D eigenvalue weighted by Gasteiger charge is -2.41. The Balaban J connectivity index is 0.00000287. The summed E-state index contributed by atoms with van der Waals surface area (Å²) in [7, 11) is 7.33. The van der Waals surface area contributed by atoms with Crippen molar-refractivity contribution in [1.29, 1.82) is 0 Å². The number of likely N-dealkylation sites (N-methyl/N-ethyl adjacent to an activating group) is 1. The van der Waals surface area contributed by atoms with Crippen LogP contribution in [0, 0.1) is 6.92 Å². The molecule has 1 aliphatic heterocycles. The molecular weight excluding hydrogens is 512 g/mol. The van der Waals surface area contributed by atoms with E-state index >= 15 is 0 Å². The molecule has 1 aromatic heterocycles. The topological polar surface area (TPSA) is 72.0 Å². The van der Waals surface area contributed by atoms with Crippen molar-refractivity contribution < 1.29 is 9.59 Å². The van der Waals surface area contributed by atoms with Gasteiger partial charge in [-0.15, -0.1) is 0 Å². The van der Waals surface area contributed by atoms with Crippen LogP contribution in [0.5, 0.6) is 0 Å². The Hall–Kier alpha value is -3.91. The SMILES string of the molecule is CC.CNC(/C=C\N(C)c1ccnc(C)c1/C=C(\C)CN1CCN(c2ccc(C(=O)N(C)C)cc2)CC1C)=C/C=O. The van der Waals surface area contributed by atoms with E-state index in [1.807, 2.05) is 69.4 Å². The largest absolute Gasteiger partial charge is 0.388 e. The van der Waals surface area contributed by atoms with Crippen molar-refractivity contribution >= 4 is 29.6 Å². The van der Waals surface area contributed by atoms with E-state index in [1.54, 1.807) is 26.0 Å². The highest BCUT2D eigenvalue weighted by Gasteiger charge is 2.24. The molecule has 3 rings (SSSR count). The molecule has 2 aromatic rings. The van der Waals surface area contributed by atoms with Crippen molar-refractivity contribution in [2.45, 2.75) is 40.7 Å². The molecule has 8 heteroatoms. The first-order chi connectivity index (χ1) is 19.6. The number of nitrogens with one attached hydrogen (secondary N) is 1. The normalized spacial score (nSPS) is 16.2. The zero-order chi connectivity index (χ0) is 30.5. The van der Waals surface area contributed by atoms with Crippen molar-refractivity contribution in [2.24, 2.45) is 0 Å². The maximum Gasteiger partial charge on any atom is 0.253 e. The molecule has 222 valence electrons. The third kappa shape index (κ3) is 9.32. The smallest absolute Gasteiger partial charge is 0.253 e. The van der Waals surface area contributed by atoms with Crippen LogP contribution in [-0.2, 0) is 4.79 Å². The highest BCUT2D eigenvalue weighted by atomic mass is 16.2. The fourth-order valence-electron chi connectivity index (χ4n) is 4.77. The minimum Gasteiger partial charge on any atom is -0.388 e. The fourth-order valence-corrected chi connectivity index (χ4v) is 4.77. The molecule has 2 heterocycles. The lowest BCUT2D eigenvalue weighted by molar-refractivity contribution is -0.104. The van der Waals surface area contributed by atoms with E-state index in [0.717, 1.165) is 60.8 Å². The molecule has 1 N–H and O–H groups in total. The van der Waals surface area contributed by atoms with Crippen LogP contribution in [0.1, 0.15) is 49.3 Å². The first kappa shape index (κ1) is 33.3. The van der Waals surface area contributed by atoms with E-state index in [1.165, 1.54) is 11.6 Å². The van der Waals surface area contributed by atoms with Gasteiger partial charge in [-0.1, -0.05) is 25.5 Å². The fraction of sp³-hybridized carbons (Fsp3) is 0.424. The second-order valence-corrected chi connectivity index (χ2v) is 10.3. The highest BCUT2D eigenvalue weighted by molar-refractivity contribution is 5.94. The maximum absolute atomic E-state index is 12.2. The van der Waals surface area contributed by atoms with Crippen molar-refractivity contribution in [3.63, 3.8) is 0 Å². The van der Waals surface area contributed by atoms with E-state index in [0.29, 0.717) is 11.6 Å². The predicted octanol–water partition coefficient (Wildman–Crippen LogP) is 4.98. The summed E-state index contributed by atoms with van der Waals surface area (Å²) in [6, 6.07) is 10.3. The van der Waals surface area contributed by atoms with Crippen LogP contribution in [0.4, 0.5) is 11.4 Å². The molecule has 0 aliphatic carbocycles. The molecule has 0 spiro atoms. The molecule has 0 bridgehead atoms. The Morgan fingerprint density at radius 3 is 2.39 bits per heavy atom. The molecule has 1 amide bonds. The summed E-state index contributed by atoms with van der Waals surface area (Å²) in [5.41, 5.74) is 6.98. The zero-order valence-corrected chi connectivity index (χ0v) is 26.3. The molecule has 1 saturated heterocycles. The summed E-state index contributed by atoms with van der Waals surface area (Å²) < 4.78 is 0. The number of carbonyl (C=O) groups excluding carboxylic acids is 2. The van der Waals surface area contributed by atoms with E-state index in [2.05, 4.69) is 52.2 Å². The van der Waals surface area contributed by atoms with Crippen LogP contribution in [0.25, 0.3) is 6.08 Å². The monoisotopic (exact) mass is 560 g/mol. The number of carbonyl (C=O) groups is 2. The predicted molar refractivity (Wildman–Crippen MR) is 172 cm³/mol. The Bertz CT molecular complexity index is 1230. The summed E-state index contributed by atoms with van der Waals surface area (Å²) in [6.07, 6.45) is 10.1. The minimum atomic E-state index is 0.0219. The summed E-state index contributed by atoms with van der Waals surface area (Å²) in [4.78, 5) is 36.1. The van der Waals surface area contributed by atoms with Gasteiger partial charge in [-0.05, 0) is 57.2 Å². The summed E-state index contributed by atoms with van der Waals surface area (Å²) in [6.45, 7) is 14.2. The van der Waals surface area contributed by atoms with Gasteiger partial charge in [-0.2, -0.15) is 0 Å². The summed E-state index contributed by atoms with van der Waals surface area (Å²) in [5, 5.41) is 3.01. The number of piperazine rings is 1. The third-order valence-corrected chi connectivity index (χ3v) is 7.05. The number of hydrogen-bond acceptors (Lipinski definition) is 7. The Labute approximate surface area is 247 Å². The van der Waals surface area contributed by atoms with Gasteiger partial charge in [0, 0.05) is 107 Å². The number of allylic oxidation sites excluding steroid dienone is 2. The summed E-state index contributed by atoms with van der Waals surface area (Å²) >= 11 is 0. The Morgan fingerprint density at radius 1 is 1.12 bits per heavy atom. The van der Waals surface area contributed by atoms with Gasteiger partial charge in [0.25, 0.3) is 5.91 Å². The van der Waals surface area contributed by atoms with E-state index in [-0.39, 0.29) is 5.91 Å². The van der Waals surface area contributed by atoms with Gasteiger partial charge in [-0.25, -0.2) is 0 Å². The average Bonchev–Trinajstić information content (AvgIpc) is 2.97. The molecule has 41 heavy (non-hydrogen) atoms.